The summed E-state index contributed by atoms with van der Waals surface area (Å²) in [5.74, 6) is 0.552. The molecule has 1 aliphatic rings. The number of halogens is 1. The molecule has 0 unspecified atom stereocenters. The summed E-state index contributed by atoms with van der Waals surface area (Å²) in [6.45, 7) is 2.74. The number of benzene rings is 1. The van der Waals surface area contributed by atoms with Gasteiger partial charge < -0.3 is 14.7 Å². The second-order valence-electron chi connectivity index (χ2n) is 9.25. The summed E-state index contributed by atoms with van der Waals surface area (Å²) in [4.78, 5) is 22.7. The number of carbonyl (C=O) groups is 1. The number of carboxylic acid groups (broad SMARTS) is 1. The van der Waals surface area contributed by atoms with Crippen molar-refractivity contribution in [1.29, 1.82) is 0 Å². The summed E-state index contributed by atoms with van der Waals surface area (Å²) in [5, 5.41) is 11.4. The summed E-state index contributed by atoms with van der Waals surface area (Å²) in [5.41, 5.74) is 1.12. The van der Waals surface area contributed by atoms with E-state index in [4.69, 9.17) is 4.74 Å². The van der Waals surface area contributed by atoms with Gasteiger partial charge in [0.1, 0.15) is 11.6 Å². The van der Waals surface area contributed by atoms with Gasteiger partial charge in [-0.25, -0.2) is 9.37 Å². The summed E-state index contributed by atoms with van der Waals surface area (Å²) in [6, 6.07) is 11.4. The molecule has 1 saturated heterocycles. The molecular weight excluding hydrogens is 465 g/mol. The highest BCUT2D eigenvalue weighted by molar-refractivity contribution is 7.99. The number of thioether (sulfide) groups is 1. The molecule has 2 aromatic heterocycles. The van der Waals surface area contributed by atoms with E-state index >= 15 is 0 Å². The van der Waals surface area contributed by atoms with Gasteiger partial charge in [0.05, 0.1) is 30.3 Å². The molecule has 1 aromatic carbocycles. The molecule has 0 spiro atoms. The van der Waals surface area contributed by atoms with Crippen molar-refractivity contribution >= 4 is 28.6 Å². The topological polar surface area (TPSA) is 75.6 Å². The van der Waals surface area contributed by atoms with E-state index in [1.807, 2.05) is 36.4 Å². The molecule has 6 nitrogen and oxygen atoms in total. The molecule has 1 aliphatic heterocycles. The van der Waals surface area contributed by atoms with Gasteiger partial charge in [-0.05, 0) is 86.5 Å². The summed E-state index contributed by atoms with van der Waals surface area (Å²) in [7, 11) is 1.59. The molecule has 0 radical (unpaired) electrons. The minimum absolute atomic E-state index is 0.164. The standard InChI is InChI=1S/C27H32FN3O3S/c1-34-20-7-8-24-22(17-20)21(23(28)19-30-24)5-4-9-27(18-26(32)33)10-13-31(14-11-27)15-16-35-25-6-2-3-12-29-25/h2-3,6-8,12,17,19H,4-5,9-11,13-16,18H2,1H3,(H,32,33). The first kappa shape index (κ1) is 25.4. The van der Waals surface area contributed by atoms with E-state index in [1.54, 1.807) is 25.1 Å². The molecule has 0 atom stereocenters. The van der Waals surface area contributed by atoms with Gasteiger partial charge >= 0.3 is 5.97 Å². The van der Waals surface area contributed by atoms with Crippen LogP contribution in [0.1, 0.15) is 37.7 Å². The molecule has 35 heavy (non-hydrogen) atoms. The van der Waals surface area contributed by atoms with Crippen molar-refractivity contribution < 1.29 is 19.0 Å². The van der Waals surface area contributed by atoms with Gasteiger partial charge in [0, 0.05) is 23.9 Å². The SMILES string of the molecule is COc1ccc2ncc(F)c(CCCC3(CC(=O)O)CCN(CCSc4ccccn4)CC3)c2c1. The Morgan fingerprint density at radius 1 is 1.23 bits per heavy atom. The summed E-state index contributed by atoms with van der Waals surface area (Å²) < 4.78 is 20.0. The fraction of sp³-hybridized carbons (Fsp3) is 0.444. The maximum Gasteiger partial charge on any atom is 0.303 e. The number of hydrogen-bond acceptors (Lipinski definition) is 6. The van der Waals surface area contributed by atoms with E-state index < -0.39 is 5.97 Å². The Hall–Kier alpha value is -2.71. The van der Waals surface area contributed by atoms with Crippen molar-refractivity contribution in [2.45, 2.75) is 43.6 Å². The number of aryl methyl sites for hydroxylation is 1. The molecule has 186 valence electrons. The molecule has 8 heteroatoms. The molecule has 3 aromatic rings. The average Bonchev–Trinajstić information content (AvgIpc) is 2.86. The number of ether oxygens (including phenoxy) is 1. The molecule has 1 fully saturated rings. The van der Waals surface area contributed by atoms with Crippen LogP contribution < -0.4 is 4.74 Å². The average molecular weight is 498 g/mol. The van der Waals surface area contributed by atoms with Crippen molar-refractivity contribution in [1.82, 2.24) is 14.9 Å². The Morgan fingerprint density at radius 2 is 2.06 bits per heavy atom. The Balaban J connectivity index is 1.35. The van der Waals surface area contributed by atoms with Gasteiger partial charge in [-0.15, -0.1) is 11.8 Å². The van der Waals surface area contributed by atoms with Crippen LogP contribution in [0.25, 0.3) is 10.9 Å². The number of likely N-dealkylation sites (tertiary alicyclic amines) is 1. The van der Waals surface area contributed by atoms with Crippen LogP contribution in [0.5, 0.6) is 5.75 Å². The fourth-order valence-corrected chi connectivity index (χ4v) is 5.89. The Labute approximate surface area is 209 Å². The van der Waals surface area contributed by atoms with Gasteiger partial charge in [0.25, 0.3) is 0 Å². The van der Waals surface area contributed by atoms with Crippen molar-refractivity contribution in [3.05, 3.63) is 60.2 Å². The first-order valence-corrected chi connectivity index (χ1v) is 13.1. The molecule has 4 rings (SSSR count). The van der Waals surface area contributed by atoms with Crippen LogP contribution in [0.2, 0.25) is 0 Å². The highest BCUT2D eigenvalue weighted by atomic mass is 32.2. The Bertz CT molecular complexity index is 1140. The van der Waals surface area contributed by atoms with E-state index in [1.165, 1.54) is 6.20 Å². The van der Waals surface area contributed by atoms with Crippen LogP contribution in [-0.2, 0) is 11.2 Å². The Morgan fingerprint density at radius 3 is 2.77 bits per heavy atom. The van der Waals surface area contributed by atoms with E-state index in [2.05, 4.69) is 14.9 Å². The van der Waals surface area contributed by atoms with Crippen LogP contribution in [0.15, 0.2) is 53.8 Å². The van der Waals surface area contributed by atoms with Gasteiger partial charge in [0.15, 0.2) is 0 Å². The highest BCUT2D eigenvalue weighted by Crippen LogP contribution is 2.40. The number of hydrogen-bond donors (Lipinski definition) is 1. The highest BCUT2D eigenvalue weighted by Gasteiger charge is 2.36. The van der Waals surface area contributed by atoms with Crippen LogP contribution in [-0.4, -0.2) is 58.4 Å². The molecule has 0 saturated carbocycles. The van der Waals surface area contributed by atoms with Gasteiger partial charge in [-0.2, -0.15) is 0 Å². The number of carboxylic acids is 1. The van der Waals surface area contributed by atoms with Crippen molar-refractivity contribution in [2.24, 2.45) is 5.41 Å². The zero-order valence-corrected chi connectivity index (χ0v) is 20.9. The number of aliphatic carboxylic acids is 1. The van der Waals surface area contributed by atoms with Crippen LogP contribution in [0, 0.1) is 11.2 Å². The molecule has 3 heterocycles. The number of nitrogens with zero attached hydrogens (tertiary/aromatic N) is 3. The molecule has 0 aliphatic carbocycles. The van der Waals surface area contributed by atoms with E-state index in [-0.39, 0.29) is 17.7 Å². The second kappa shape index (κ2) is 11.8. The van der Waals surface area contributed by atoms with Crippen LogP contribution in [0.4, 0.5) is 4.39 Å². The quantitative estimate of drug-likeness (QED) is 0.353. The largest absolute Gasteiger partial charge is 0.497 e. The lowest BCUT2D eigenvalue weighted by Crippen LogP contribution is -2.42. The Kier molecular flexibility index (Phi) is 8.57. The van der Waals surface area contributed by atoms with Crippen molar-refractivity contribution in [3.8, 4) is 5.75 Å². The smallest absolute Gasteiger partial charge is 0.303 e. The maximum atomic E-state index is 14.7. The first-order chi connectivity index (χ1) is 17.0. The fourth-order valence-electron chi connectivity index (χ4n) is 5.02. The minimum atomic E-state index is -0.755. The third-order valence-electron chi connectivity index (χ3n) is 7.01. The third-order valence-corrected chi connectivity index (χ3v) is 7.93. The molecule has 0 bridgehead atoms. The summed E-state index contributed by atoms with van der Waals surface area (Å²) in [6.07, 6.45) is 6.99. The predicted octanol–water partition coefficient (Wildman–Crippen LogP) is 5.45. The van der Waals surface area contributed by atoms with Gasteiger partial charge in [0.2, 0.25) is 0 Å². The second-order valence-corrected chi connectivity index (χ2v) is 10.4. The molecular formula is C27H32FN3O3S. The zero-order valence-electron chi connectivity index (χ0n) is 20.1. The molecule has 0 amide bonds. The van der Waals surface area contributed by atoms with E-state index in [9.17, 15) is 14.3 Å². The lowest BCUT2D eigenvalue weighted by Gasteiger charge is -2.41. The number of fused-ring (bicyclic) bond motifs is 1. The normalized spacial score (nSPS) is 15.8. The molecule has 1 N–H and O–H groups in total. The number of methoxy groups -OCH3 is 1. The lowest BCUT2D eigenvalue weighted by molar-refractivity contribution is -0.140. The number of rotatable bonds is 11. The van der Waals surface area contributed by atoms with Gasteiger partial charge in [-0.3, -0.25) is 9.78 Å². The zero-order chi connectivity index (χ0) is 24.7. The van der Waals surface area contributed by atoms with Crippen LogP contribution >= 0.6 is 11.8 Å². The minimum Gasteiger partial charge on any atom is -0.497 e. The lowest BCUT2D eigenvalue weighted by atomic mass is 9.72. The maximum absolute atomic E-state index is 14.7. The number of pyridine rings is 2. The first-order valence-electron chi connectivity index (χ1n) is 12.1. The van der Waals surface area contributed by atoms with Crippen molar-refractivity contribution in [3.63, 3.8) is 0 Å². The number of piperidine rings is 1. The van der Waals surface area contributed by atoms with Gasteiger partial charge in [-0.1, -0.05) is 6.07 Å². The van der Waals surface area contributed by atoms with Crippen molar-refractivity contribution in [2.75, 3.05) is 32.5 Å². The number of aromatic nitrogens is 2. The monoisotopic (exact) mass is 497 g/mol. The van der Waals surface area contributed by atoms with Crippen LogP contribution in [0.3, 0.4) is 0 Å². The predicted molar refractivity (Wildman–Crippen MR) is 137 cm³/mol. The van der Waals surface area contributed by atoms with E-state index in [0.717, 1.165) is 67.0 Å². The third kappa shape index (κ3) is 6.70. The van der Waals surface area contributed by atoms with E-state index in [0.29, 0.717) is 17.7 Å². The summed E-state index contributed by atoms with van der Waals surface area (Å²) >= 11 is 1.74.